The summed E-state index contributed by atoms with van der Waals surface area (Å²) in [5.41, 5.74) is 1.24. The fraction of sp³-hybridized carbons (Fsp3) is 0.0870. The highest BCUT2D eigenvalue weighted by Gasteiger charge is 2.21. The van der Waals surface area contributed by atoms with Crippen LogP contribution in [0.1, 0.15) is 27.9 Å². The first-order valence-electron chi connectivity index (χ1n) is 9.67. The zero-order chi connectivity index (χ0) is 23.4. The number of amides is 1. The van der Waals surface area contributed by atoms with Gasteiger partial charge in [0.2, 0.25) is 0 Å². The van der Waals surface area contributed by atoms with E-state index in [-0.39, 0.29) is 34.6 Å². The van der Waals surface area contributed by atoms with E-state index in [1.165, 1.54) is 43.5 Å². The average molecular weight is 450 g/mol. The monoisotopic (exact) mass is 450 g/mol. The highest BCUT2D eigenvalue weighted by molar-refractivity contribution is 6.05. The van der Waals surface area contributed by atoms with E-state index in [1.807, 2.05) is 0 Å². The summed E-state index contributed by atoms with van der Waals surface area (Å²) in [4.78, 5) is 37.1. The van der Waals surface area contributed by atoms with Crippen molar-refractivity contribution in [1.29, 1.82) is 0 Å². The molecule has 2 aromatic heterocycles. The van der Waals surface area contributed by atoms with E-state index in [4.69, 9.17) is 4.74 Å². The van der Waals surface area contributed by atoms with E-state index in [0.717, 1.165) is 0 Å². The van der Waals surface area contributed by atoms with Crippen LogP contribution in [-0.2, 0) is 0 Å². The summed E-state index contributed by atoms with van der Waals surface area (Å²) < 4.78 is 35.8. The normalized spacial score (nSPS) is 10.8. The molecule has 2 aromatic carbocycles. The maximum atomic E-state index is 13.0. The van der Waals surface area contributed by atoms with Crippen molar-refractivity contribution in [2.75, 3.05) is 5.32 Å². The molecule has 10 heteroatoms. The number of nitrogens with one attached hydrogen (secondary N) is 1. The number of pyridine rings is 1. The number of alkyl halides is 2. The van der Waals surface area contributed by atoms with Crippen LogP contribution in [0.4, 0.5) is 14.5 Å². The molecule has 33 heavy (non-hydrogen) atoms. The molecule has 1 amide bonds. The molecule has 8 nitrogen and oxygen atoms in total. The number of aromatic nitrogens is 3. The quantitative estimate of drug-likeness (QED) is 0.401. The summed E-state index contributed by atoms with van der Waals surface area (Å²) in [6.45, 7) is -1.68. The van der Waals surface area contributed by atoms with Gasteiger partial charge in [0.25, 0.3) is 11.8 Å². The molecule has 0 fully saturated rings. The van der Waals surface area contributed by atoms with Crippen LogP contribution in [0.25, 0.3) is 11.0 Å². The van der Waals surface area contributed by atoms with Crippen molar-refractivity contribution in [1.82, 2.24) is 15.0 Å². The molecule has 0 aliphatic heterocycles. The summed E-state index contributed by atoms with van der Waals surface area (Å²) in [5, 5.41) is 2.62. The van der Waals surface area contributed by atoms with Gasteiger partial charge in [-0.05, 0) is 36.4 Å². The Morgan fingerprint density at radius 1 is 0.909 bits per heavy atom. The topological polar surface area (TPSA) is 103 Å². The molecule has 4 aromatic rings. The zero-order valence-corrected chi connectivity index (χ0v) is 17.2. The Kier molecular flexibility index (Phi) is 6.16. The van der Waals surface area contributed by atoms with Gasteiger partial charge in [0, 0.05) is 6.92 Å². The van der Waals surface area contributed by atoms with Crippen LogP contribution < -0.4 is 14.8 Å². The first kappa shape index (κ1) is 21.8. The number of ketones is 1. The lowest BCUT2D eigenvalue weighted by Gasteiger charge is -2.14. The largest absolute Gasteiger partial charge is 0.433 e. The number of fused-ring (bicyclic) bond motifs is 1. The van der Waals surface area contributed by atoms with Gasteiger partial charge in [-0.2, -0.15) is 8.78 Å². The maximum absolute atomic E-state index is 13.0. The first-order valence-corrected chi connectivity index (χ1v) is 9.67. The fourth-order valence-corrected chi connectivity index (χ4v) is 2.90. The van der Waals surface area contributed by atoms with E-state index in [0.29, 0.717) is 16.7 Å². The highest BCUT2D eigenvalue weighted by atomic mass is 19.3. The summed E-state index contributed by atoms with van der Waals surface area (Å²) in [7, 11) is 0. The lowest BCUT2D eigenvalue weighted by atomic mass is 10.2. The SMILES string of the molecule is CC(=O)c1ccc(NC(=O)c2nc3ccccc3nc2Oc2ccccc2OC(F)F)cn1. The molecule has 0 atom stereocenters. The Bertz CT molecular complexity index is 1330. The van der Waals surface area contributed by atoms with Crippen LogP contribution in [0, 0.1) is 0 Å². The molecule has 1 N–H and O–H groups in total. The number of Topliss-reactive ketones (excluding diaryl/α,β-unsaturated/α-hetero) is 1. The fourth-order valence-electron chi connectivity index (χ4n) is 2.90. The predicted molar refractivity (Wildman–Crippen MR) is 115 cm³/mol. The third-order valence-corrected chi connectivity index (χ3v) is 4.41. The van der Waals surface area contributed by atoms with Crippen molar-refractivity contribution in [3.8, 4) is 17.4 Å². The number of anilines is 1. The van der Waals surface area contributed by atoms with Gasteiger partial charge in [-0.3, -0.25) is 14.6 Å². The molecule has 0 aliphatic carbocycles. The number of carbonyl (C=O) groups is 2. The molecular formula is C23H16F2N4O4. The molecule has 0 aliphatic rings. The molecule has 2 heterocycles. The van der Waals surface area contributed by atoms with Crippen LogP contribution >= 0.6 is 0 Å². The summed E-state index contributed by atoms with van der Waals surface area (Å²) in [5.74, 6) is -1.38. The number of hydrogen-bond acceptors (Lipinski definition) is 7. The van der Waals surface area contributed by atoms with Crippen molar-refractivity contribution in [3.05, 3.63) is 78.2 Å². The zero-order valence-electron chi connectivity index (χ0n) is 17.2. The van der Waals surface area contributed by atoms with Crippen LogP contribution in [0.15, 0.2) is 66.9 Å². The third kappa shape index (κ3) is 5.06. The molecule has 4 rings (SSSR count). The Hall–Kier alpha value is -4.47. The lowest BCUT2D eigenvalue weighted by molar-refractivity contribution is -0.0510. The van der Waals surface area contributed by atoms with Gasteiger partial charge >= 0.3 is 6.61 Å². The Labute approximate surface area is 186 Å². The van der Waals surface area contributed by atoms with Crippen molar-refractivity contribution >= 4 is 28.4 Å². The van der Waals surface area contributed by atoms with Crippen LogP contribution in [0.3, 0.4) is 0 Å². The number of rotatable bonds is 7. The van der Waals surface area contributed by atoms with Crippen LogP contribution in [-0.4, -0.2) is 33.3 Å². The van der Waals surface area contributed by atoms with Gasteiger partial charge in [0.05, 0.1) is 22.9 Å². The standard InChI is InChI=1S/C23H16F2N4O4/c1-13(30)15-11-10-14(12-26-15)27-21(31)20-22(29-17-7-3-2-6-16(17)28-20)32-18-8-4-5-9-19(18)33-23(24)25/h2-12,23H,1H3,(H,27,31). The van der Waals surface area contributed by atoms with Crippen LogP contribution in [0.2, 0.25) is 0 Å². The third-order valence-electron chi connectivity index (χ3n) is 4.41. The smallest absolute Gasteiger partial charge is 0.387 e. The van der Waals surface area contributed by atoms with Crippen LogP contribution in [0.5, 0.6) is 17.4 Å². The highest BCUT2D eigenvalue weighted by Crippen LogP contribution is 2.33. The molecule has 0 saturated carbocycles. The molecule has 166 valence electrons. The molecule has 0 saturated heterocycles. The number of carbonyl (C=O) groups excluding carboxylic acids is 2. The van der Waals surface area contributed by atoms with E-state index in [9.17, 15) is 18.4 Å². The Balaban J connectivity index is 1.71. The molecular weight excluding hydrogens is 434 g/mol. The molecule has 0 bridgehead atoms. The second kappa shape index (κ2) is 9.35. The van der Waals surface area contributed by atoms with E-state index in [1.54, 1.807) is 30.3 Å². The number of hydrogen-bond donors (Lipinski definition) is 1. The minimum Gasteiger partial charge on any atom is -0.433 e. The van der Waals surface area contributed by atoms with E-state index in [2.05, 4.69) is 25.0 Å². The second-order valence-electron chi connectivity index (χ2n) is 6.74. The van der Waals surface area contributed by atoms with Crippen molar-refractivity contribution < 1.29 is 27.8 Å². The molecule has 0 spiro atoms. The Morgan fingerprint density at radius 3 is 2.21 bits per heavy atom. The van der Waals surface area contributed by atoms with E-state index >= 15 is 0 Å². The number of para-hydroxylation sites is 4. The van der Waals surface area contributed by atoms with Crippen molar-refractivity contribution in [2.45, 2.75) is 13.5 Å². The second-order valence-corrected chi connectivity index (χ2v) is 6.74. The van der Waals surface area contributed by atoms with Gasteiger partial charge < -0.3 is 14.8 Å². The van der Waals surface area contributed by atoms with Gasteiger partial charge in [0.15, 0.2) is 23.0 Å². The minimum absolute atomic E-state index is 0.0658. The number of ether oxygens (including phenoxy) is 2. The van der Waals surface area contributed by atoms with Gasteiger partial charge in [0.1, 0.15) is 5.69 Å². The van der Waals surface area contributed by atoms with Crippen molar-refractivity contribution in [2.24, 2.45) is 0 Å². The maximum Gasteiger partial charge on any atom is 0.387 e. The molecule has 0 radical (unpaired) electrons. The molecule has 0 unspecified atom stereocenters. The predicted octanol–water partition coefficient (Wildman–Crippen LogP) is 4.87. The minimum atomic E-state index is -3.06. The van der Waals surface area contributed by atoms with Gasteiger partial charge in [-0.15, -0.1) is 0 Å². The first-order chi connectivity index (χ1) is 15.9. The summed E-state index contributed by atoms with van der Waals surface area (Å²) >= 11 is 0. The number of halogens is 2. The number of nitrogens with zero attached hydrogens (tertiary/aromatic N) is 3. The summed E-state index contributed by atoms with van der Waals surface area (Å²) in [6, 6.07) is 15.6. The average Bonchev–Trinajstić information content (AvgIpc) is 2.80. The summed E-state index contributed by atoms with van der Waals surface area (Å²) in [6.07, 6.45) is 1.33. The Morgan fingerprint density at radius 2 is 1.58 bits per heavy atom. The van der Waals surface area contributed by atoms with Gasteiger partial charge in [-0.1, -0.05) is 24.3 Å². The van der Waals surface area contributed by atoms with Crippen molar-refractivity contribution in [3.63, 3.8) is 0 Å². The lowest BCUT2D eigenvalue weighted by Crippen LogP contribution is -2.16. The van der Waals surface area contributed by atoms with Gasteiger partial charge in [-0.25, -0.2) is 9.97 Å². The number of benzene rings is 2. The van der Waals surface area contributed by atoms with E-state index < -0.39 is 12.5 Å².